The monoisotopic (exact) mass is 611 g/mol. The van der Waals surface area contributed by atoms with Gasteiger partial charge in [-0.2, -0.15) is 36.4 Å². The van der Waals surface area contributed by atoms with Gasteiger partial charge >= 0.3 is 0 Å². The van der Waals surface area contributed by atoms with E-state index in [9.17, 15) is 4.79 Å². The third-order valence-electron chi connectivity index (χ3n) is 6.19. The molecule has 0 fully saturated rings. The Kier molecular flexibility index (Phi) is 13.5. The van der Waals surface area contributed by atoms with Gasteiger partial charge in [0.15, 0.2) is 5.78 Å². The second-order valence-electron chi connectivity index (χ2n) is 9.18. The summed E-state index contributed by atoms with van der Waals surface area (Å²) in [7, 11) is -0.446. The summed E-state index contributed by atoms with van der Waals surface area (Å²) >= 11 is 0. The molecule has 1 N–H and O–H groups in total. The van der Waals surface area contributed by atoms with E-state index in [1.54, 1.807) is 24.4 Å². The van der Waals surface area contributed by atoms with Gasteiger partial charge in [0.1, 0.15) is 0 Å². The number of aromatic nitrogens is 1. The summed E-state index contributed by atoms with van der Waals surface area (Å²) in [5.74, 6) is 0.0254. The van der Waals surface area contributed by atoms with Gasteiger partial charge < -0.3 is 5.43 Å². The molecular weight excluding hydrogens is 578 g/mol. The predicted molar refractivity (Wildman–Crippen MR) is 175 cm³/mol. The number of aryl methyl sites for hydroxylation is 2. The fourth-order valence-corrected chi connectivity index (χ4v) is 6.43. The van der Waals surface area contributed by atoms with Gasteiger partial charge in [-0.15, -0.1) is 0 Å². The van der Waals surface area contributed by atoms with Crippen LogP contribution in [0.5, 0.6) is 0 Å². The van der Waals surface area contributed by atoms with E-state index in [4.69, 9.17) is 0 Å². The molecule has 5 aromatic rings. The molecule has 0 amide bonds. The molecule has 0 unspecified atom stereocenters. The number of nitrogens with one attached hydrogen (secondary N) is 1. The standard InChI is InChI=1S/C18H15P.C13H14N2O.C6H5.Ni/c1-4-10-16(11-5-1)19(17-12-6-2-7-13-17)18-14-8-3-9-15-18;1-10-7-8-11(2)15(10)14-9-12-5-3-4-6-13(12)16;1-2-4-6-5-3-1;/h1-15H;3-9,14H,1-2H3;1-5H;/q;;-1;/b;12-9-;;. The molecule has 0 aliphatic heterocycles. The molecule has 1 aliphatic carbocycles. The molecule has 1 aromatic heterocycles. The summed E-state index contributed by atoms with van der Waals surface area (Å²) in [6, 6.07) is 48.9. The molecular formula is C37H34N2NiOP-. The number of benzene rings is 4. The average molecular weight is 612 g/mol. The van der Waals surface area contributed by atoms with Crippen molar-refractivity contribution in [1.82, 2.24) is 4.68 Å². The Morgan fingerprint density at radius 2 is 1.05 bits per heavy atom. The van der Waals surface area contributed by atoms with Crippen LogP contribution < -0.4 is 21.3 Å². The van der Waals surface area contributed by atoms with Crippen LogP contribution in [0.3, 0.4) is 0 Å². The summed E-state index contributed by atoms with van der Waals surface area (Å²) in [6.07, 6.45) is 8.67. The second kappa shape index (κ2) is 17.6. The minimum atomic E-state index is -0.446. The third-order valence-corrected chi connectivity index (χ3v) is 8.63. The van der Waals surface area contributed by atoms with E-state index in [-0.39, 0.29) is 22.3 Å². The molecule has 214 valence electrons. The minimum Gasteiger partial charge on any atom is -0.301 e. The third kappa shape index (κ3) is 9.70. The van der Waals surface area contributed by atoms with E-state index >= 15 is 0 Å². The number of hydrogen-bond donors (Lipinski definition) is 1. The van der Waals surface area contributed by atoms with Crippen LogP contribution in [-0.4, -0.2) is 10.5 Å². The number of rotatable bonds is 5. The van der Waals surface area contributed by atoms with Gasteiger partial charge in [-0.1, -0.05) is 103 Å². The summed E-state index contributed by atoms with van der Waals surface area (Å²) in [6.45, 7) is 4.02. The molecule has 1 aliphatic rings. The first kappa shape index (κ1) is 32.3. The summed E-state index contributed by atoms with van der Waals surface area (Å²) in [4.78, 5) is 11.5. The quantitative estimate of drug-likeness (QED) is 0.0990. The van der Waals surface area contributed by atoms with Crippen LogP contribution in [0.25, 0.3) is 0 Å². The molecule has 6 rings (SSSR count). The van der Waals surface area contributed by atoms with E-state index in [0.717, 1.165) is 11.4 Å². The summed E-state index contributed by atoms with van der Waals surface area (Å²) < 4.78 is 1.94. The van der Waals surface area contributed by atoms with Gasteiger partial charge in [-0.25, -0.2) is 0 Å². The van der Waals surface area contributed by atoms with E-state index in [0.29, 0.717) is 5.57 Å². The molecule has 0 saturated carbocycles. The maximum atomic E-state index is 11.5. The van der Waals surface area contributed by atoms with Crippen LogP contribution in [0.15, 0.2) is 170 Å². The van der Waals surface area contributed by atoms with Crippen LogP contribution in [-0.2, 0) is 21.3 Å². The number of hydrogen-bond acceptors (Lipinski definition) is 2. The van der Waals surface area contributed by atoms with Crippen LogP contribution in [0.2, 0.25) is 0 Å². The maximum Gasteiger partial charge on any atom is 0.187 e. The zero-order valence-electron chi connectivity index (χ0n) is 23.7. The SMILES string of the molecule is Cc1ccc(C)n1N/C=C1/C=CC=CC1=O.[Ni].[c-]1ccccc1.c1ccc(P(c2ccccc2)c2ccccc2)cc1. The molecule has 0 spiro atoms. The topological polar surface area (TPSA) is 34.0 Å². The van der Waals surface area contributed by atoms with Crippen molar-refractivity contribution in [3.63, 3.8) is 0 Å². The molecule has 0 atom stereocenters. The zero-order chi connectivity index (χ0) is 28.7. The number of carbonyl (C=O) groups excluding carboxylic acids is 1. The minimum absolute atomic E-state index is 0. The molecule has 0 radical (unpaired) electrons. The van der Waals surface area contributed by atoms with Gasteiger partial charge in [-0.3, -0.25) is 9.47 Å². The number of carbonyl (C=O) groups is 1. The number of allylic oxidation sites excluding steroid dienone is 5. The van der Waals surface area contributed by atoms with Gasteiger partial charge in [0.25, 0.3) is 0 Å². The molecule has 42 heavy (non-hydrogen) atoms. The maximum absolute atomic E-state index is 11.5. The van der Waals surface area contributed by atoms with Crippen molar-refractivity contribution in [1.29, 1.82) is 0 Å². The van der Waals surface area contributed by atoms with Crippen molar-refractivity contribution in [3.8, 4) is 0 Å². The van der Waals surface area contributed by atoms with E-state index in [2.05, 4.69) is 102 Å². The average Bonchev–Trinajstić information content (AvgIpc) is 3.36. The fourth-order valence-electron chi connectivity index (χ4n) is 4.13. The Labute approximate surface area is 261 Å². The molecule has 3 nitrogen and oxygen atoms in total. The first-order chi connectivity index (χ1) is 20.1. The number of ketones is 1. The van der Waals surface area contributed by atoms with Crippen molar-refractivity contribution < 1.29 is 21.3 Å². The van der Waals surface area contributed by atoms with Gasteiger partial charge in [0.05, 0.1) is 0 Å². The Balaban J connectivity index is 0.000000191. The van der Waals surface area contributed by atoms with Gasteiger partial charge in [-0.05, 0) is 62.0 Å². The molecule has 0 saturated heterocycles. The van der Waals surface area contributed by atoms with E-state index in [1.165, 1.54) is 15.9 Å². The smallest absolute Gasteiger partial charge is 0.187 e. The van der Waals surface area contributed by atoms with Gasteiger partial charge in [0, 0.05) is 39.7 Å². The summed E-state index contributed by atoms with van der Waals surface area (Å²) in [5.41, 5.74) is 5.99. The Bertz CT molecular complexity index is 1440. The molecule has 5 heteroatoms. The van der Waals surface area contributed by atoms with Crippen molar-refractivity contribution in [3.05, 3.63) is 187 Å². The van der Waals surface area contributed by atoms with Gasteiger partial charge in [0.2, 0.25) is 0 Å². The van der Waals surface area contributed by atoms with Crippen LogP contribution in [0, 0.1) is 19.9 Å². The van der Waals surface area contributed by atoms with Crippen molar-refractivity contribution in [2.45, 2.75) is 13.8 Å². The molecule has 4 aromatic carbocycles. The Hall–Kier alpha value is -4.23. The second-order valence-corrected chi connectivity index (χ2v) is 11.4. The zero-order valence-corrected chi connectivity index (χ0v) is 25.6. The largest absolute Gasteiger partial charge is 0.301 e. The Morgan fingerprint density at radius 1 is 0.619 bits per heavy atom. The first-order valence-electron chi connectivity index (χ1n) is 13.5. The Morgan fingerprint density at radius 3 is 1.43 bits per heavy atom. The molecule has 0 bridgehead atoms. The molecule has 1 heterocycles. The summed E-state index contributed by atoms with van der Waals surface area (Å²) in [5, 5.41) is 4.19. The van der Waals surface area contributed by atoms with Crippen LogP contribution >= 0.6 is 7.92 Å². The predicted octanol–water partition coefficient (Wildman–Crippen LogP) is 7.16. The van der Waals surface area contributed by atoms with Crippen molar-refractivity contribution in [2.75, 3.05) is 5.43 Å². The van der Waals surface area contributed by atoms with E-state index in [1.807, 2.05) is 67.1 Å². The van der Waals surface area contributed by atoms with Crippen molar-refractivity contribution >= 4 is 29.6 Å². The van der Waals surface area contributed by atoms with Crippen LogP contribution in [0.4, 0.5) is 0 Å². The van der Waals surface area contributed by atoms with Crippen LogP contribution in [0.1, 0.15) is 11.4 Å². The normalized spacial score (nSPS) is 12.5. The fraction of sp³-hybridized carbons (Fsp3) is 0.0541. The first-order valence-corrected chi connectivity index (χ1v) is 14.8. The van der Waals surface area contributed by atoms with E-state index < -0.39 is 7.92 Å². The van der Waals surface area contributed by atoms with Crippen molar-refractivity contribution in [2.24, 2.45) is 0 Å². The number of nitrogens with zero attached hydrogens (tertiary/aromatic N) is 1.